The molecular weight excluding hydrogens is 377 g/mol. The van der Waals surface area contributed by atoms with Crippen LogP contribution in [0.4, 0.5) is 4.39 Å². The zero-order chi connectivity index (χ0) is 19.8. The largest absolute Gasteiger partial charge is 0.463 e. The zero-order valence-corrected chi connectivity index (χ0v) is 15.5. The van der Waals surface area contributed by atoms with Crippen LogP contribution in [0, 0.1) is 5.82 Å². The van der Waals surface area contributed by atoms with Crippen LogP contribution < -0.4 is 10.6 Å². The number of hydrogen-bond acceptors (Lipinski definition) is 6. The van der Waals surface area contributed by atoms with Crippen LogP contribution in [0.1, 0.15) is 16.8 Å². The Labute approximate surface area is 161 Å². The van der Waals surface area contributed by atoms with E-state index < -0.39 is 23.7 Å². The predicted octanol–water partition coefficient (Wildman–Crippen LogP) is 0.221. The van der Waals surface area contributed by atoms with Gasteiger partial charge in [-0.3, -0.25) is 19.7 Å². The summed E-state index contributed by atoms with van der Waals surface area (Å²) in [4.78, 5) is 37.8. The molecule has 0 bridgehead atoms. The fourth-order valence-corrected chi connectivity index (χ4v) is 2.77. The van der Waals surface area contributed by atoms with Gasteiger partial charge in [0.1, 0.15) is 18.5 Å². The van der Waals surface area contributed by atoms with Gasteiger partial charge in [-0.05, 0) is 36.5 Å². The number of rotatable bonds is 6. The van der Waals surface area contributed by atoms with Crippen molar-refractivity contribution in [3.8, 4) is 0 Å². The first-order valence-electron chi connectivity index (χ1n) is 8.22. The number of nitrogens with one attached hydrogen (secondary N) is 2. The van der Waals surface area contributed by atoms with Crippen LogP contribution in [-0.2, 0) is 19.1 Å². The van der Waals surface area contributed by atoms with Gasteiger partial charge < -0.3 is 19.7 Å². The number of thiocarbonyl (C=S) groups is 1. The molecule has 1 aromatic rings. The summed E-state index contributed by atoms with van der Waals surface area (Å²) in [5, 5.41) is 5.17. The van der Waals surface area contributed by atoms with Gasteiger partial charge in [-0.2, -0.15) is 0 Å². The highest BCUT2D eigenvalue weighted by Crippen LogP contribution is 2.11. The number of methoxy groups -OCH3 is 1. The standard InChI is InChI=1S/C17H20FN3O5S/c1-25-8-9-26-14(22)10-13-16(24)19-6-7-21(13)17(27)20-15(23)11-2-4-12(18)5-3-11/h2-5,13H,6-10H2,1H3,(H,19,24)(H,20,23,27). The number of amides is 2. The molecule has 0 saturated carbocycles. The highest BCUT2D eigenvalue weighted by atomic mass is 32.1. The Morgan fingerprint density at radius 2 is 2.04 bits per heavy atom. The molecule has 1 unspecified atom stereocenters. The van der Waals surface area contributed by atoms with E-state index in [9.17, 15) is 18.8 Å². The minimum absolute atomic E-state index is 0.00821. The molecule has 2 N–H and O–H groups in total. The van der Waals surface area contributed by atoms with E-state index in [1.807, 2.05) is 0 Å². The van der Waals surface area contributed by atoms with Crippen LogP contribution >= 0.6 is 12.2 Å². The fraction of sp³-hybridized carbons (Fsp3) is 0.412. The number of halogens is 1. The normalized spacial score (nSPS) is 16.4. The molecule has 27 heavy (non-hydrogen) atoms. The molecule has 0 radical (unpaired) electrons. The summed E-state index contributed by atoms with van der Waals surface area (Å²) >= 11 is 5.23. The van der Waals surface area contributed by atoms with Crippen molar-refractivity contribution < 1.29 is 28.2 Å². The Morgan fingerprint density at radius 1 is 1.33 bits per heavy atom. The van der Waals surface area contributed by atoms with Crippen molar-refractivity contribution in [2.45, 2.75) is 12.5 Å². The summed E-state index contributed by atoms with van der Waals surface area (Å²) in [7, 11) is 1.48. The third kappa shape index (κ3) is 5.97. The second-order valence-corrected chi connectivity index (χ2v) is 6.07. The van der Waals surface area contributed by atoms with E-state index in [-0.39, 0.29) is 36.2 Å². The van der Waals surface area contributed by atoms with Crippen LogP contribution in [0.2, 0.25) is 0 Å². The van der Waals surface area contributed by atoms with E-state index in [2.05, 4.69) is 10.6 Å². The van der Waals surface area contributed by atoms with E-state index in [0.717, 1.165) is 12.1 Å². The zero-order valence-electron chi connectivity index (χ0n) is 14.7. The molecule has 1 saturated heterocycles. The predicted molar refractivity (Wildman–Crippen MR) is 97.4 cm³/mol. The number of carbonyl (C=O) groups is 3. The molecule has 1 aliphatic heterocycles. The Balaban J connectivity index is 2.00. The van der Waals surface area contributed by atoms with Gasteiger partial charge in [0.05, 0.1) is 13.0 Å². The van der Waals surface area contributed by atoms with Gasteiger partial charge in [0.15, 0.2) is 5.11 Å². The minimum atomic E-state index is -0.894. The Kier molecular flexibility index (Phi) is 7.62. The lowest BCUT2D eigenvalue weighted by Gasteiger charge is -2.36. The van der Waals surface area contributed by atoms with Gasteiger partial charge in [0.25, 0.3) is 5.91 Å². The second-order valence-electron chi connectivity index (χ2n) is 5.68. The molecule has 146 valence electrons. The summed E-state index contributed by atoms with van der Waals surface area (Å²) in [5.74, 6) is -1.96. The molecule has 1 aromatic carbocycles. The molecule has 2 rings (SSSR count). The minimum Gasteiger partial charge on any atom is -0.463 e. The Hall–Kier alpha value is -2.59. The van der Waals surface area contributed by atoms with Crippen LogP contribution in [0.15, 0.2) is 24.3 Å². The first-order chi connectivity index (χ1) is 12.9. The van der Waals surface area contributed by atoms with Crippen molar-refractivity contribution in [2.24, 2.45) is 0 Å². The molecule has 0 aliphatic carbocycles. The number of nitrogens with zero attached hydrogens (tertiary/aromatic N) is 1. The summed E-state index contributed by atoms with van der Waals surface area (Å²) in [6, 6.07) is 4.06. The van der Waals surface area contributed by atoms with Crippen molar-refractivity contribution in [3.63, 3.8) is 0 Å². The molecule has 1 aliphatic rings. The number of ether oxygens (including phenoxy) is 2. The maximum atomic E-state index is 13.0. The lowest BCUT2D eigenvalue weighted by atomic mass is 10.1. The van der Waals surface area contributed by atoms with Gasteiger partial charge >= 0.3 is 5.97 Å². The third-order valence-electron chi connectivity index (χ3n) is 3.83. The smallest absolute Gasteiger partial charge is 0.308 e. The van der Waals surface area contributed by atoms with Gasteiger partial charge in [-0.15, -0.1) is 0 Å². The Bertz CT molecular complexity index is 713. The summed E-state index contributed by atoms with van der Waals surface area (Å²) < 4.78 is 22.8. The average molecular weight is 397 g/mol. The van der Waals surface area contributed by atoms with Crippen molar-refractivity contribution in [3.05, 3.63) is 35.6 Å². The molecule has 8 nitrogen and oxygen atoms in total. The van der Waals surface area contributed by atoms with Crippen LogP contribution in [0.5, 0.6) is 0 Å². The summed E-state index contributed by atoms with van der Waals surface area (Å²) in [6.07, 6.45) is -0.220. The molecule has 1 atom stereocenters. The molecule has 2 amide bonds. The van der Waals surface area contributed by atoms with E-state index in [1.54, 1.807) is 0 Å². The van der Waals surface area contributed by atoms with Crippen LogP contribution in [0.3, 0.4) is 0 Å². The summed E-state index contributed by atoms with van der Waals surface area (Å²) in [5.41, 5.74) is 0.218. The molecule has 1 heterocycles. The van der Waals surface area contributed by atoms with E-state index >= 15 is 0 Å². The highest BCUT2D eigenvalue weighted by molar-refractivity contribution is 7.80. The number of benzene rings is 1. The van der Waals surface area contributed by atoms with Gasteiger partial charge in [-0.1, -0.05) is 0 Å². The van der Waals surface area contributed by atoms with Crippen molar-refractivity contribution in [2.75, 3.05) is 33.4 Å². The molecule has 1 fully saturated rings. The number of esters is 1. The fourth-order valence-electron chi connectivity index (χ4n) is 2.46. The van der Waals surface area contributed by atoms with Crippen molar-refractivity contribution in [1.82, 2.24) is 15.5 Å². The lowest BCUT2D eigenvalue weighted by Crippen LogP contribution is -2.60. The summed E-state index contributed by atoms with van der Waals surface area (Å²) in [6.45, 7) is 0.971. The number of carbonyl (C=O) groups excluding carboxylic acids is 3. The molecule has 0 aromatic heterocycles. The van der Waals surface area contributed by atoms with Crippen LogP contribution in [-0.4, -0.2) is 67.3 Å². The SMILES string of the molecule is COCCOC(=O)CC1C(=O)NCCN1C(=S)NC(=O)c1ccc(F)cc1. The maximum Gasteiger partial charge on any atom is 0.308 e. The first-order valence-corrected chi connectivity index (χ1v) is 8.63. The molecule has 10 heteroatoms. The molecular formula is C17H20FN3O5S. The van der Waals surface area contributed by atoms with Gasteiger partial charge in [-0.25, -0.2) is 4.39 Å². The number of hydrogen-bond donors (Lipinski definition) is 2. The monoisotopic (exact) mass is 397 g/mol. The van der Waals surface area contributed by atoms with E-state index in [0.29, 0.717) is 13.1 Å². The van der Waals surface area contributed by atoms with Gasteiger partial charge in [0, 0.05) is 25.8 Å². The van der Waals surface area contributed by atoms with Crippen molar-refractivity contribution in [1.29, 1.82) is 0 Å². The second kappa shape index (κ2) is 9.93. The Morgan fingerprint density at radius 3 is 2.70 bits per heavy atom. The van der Waals surface area contributed by atoms with Gasteiger partial charge in [0.2, 0.25) is 5.91 Å². The quantitative estimate of drug-likeness (QED) is 0.403. The van der Waals surface area contributed by atoms with Crippen molar-refractivity contribution >= 4 is 35.1 Å². The highest BCUT2D eigenvalue weighted by Gasteiger charge is 2.34. The van der Waals surface area contributed by atoms with Crippen LogP contribution in [0.25, 0.3) is 0 Å². The van der Waals surface area contributed by atoms with E-state index in [4.69, 9.17) is 21.7 Å². The molecule has 0 spiro atoms. The third-order valence-corrected chi connectivity index (χ3v) is 4.17. The maximum absolute atomic E-state index is 13.0. The van der Waals surface area contributed by atoms with E-state index in [1.165, 1.54) is 24.1 Å². The number of piperazine rings is 1. The average Bonchev–Trinajstić information content (AvgIpc) is 2.64. The lowest BCUT2D eigenvalue weighted by molar-refractivity contribution is -0.148. The first kappa shape index (κ1) is 20.7. The topological polar surface area (TPSA) is 97.0 Å².